The smallest absolute Gasteiger partial charge is 0.252 e. The maximum absolute atomic E-state index is 11.8. The highest BCUT2D eigenvalue weighted by atomic mass is 32.2. The summed E-state index contributed by atoms with van der Waals surface area (Å²) in [7, 11) is 0. The van der Waals surface area contributed by atoms with Gasteiger partial charge in [-0.1, -0.05) is 13.0 Å². The molecule has 1 amide bonds. The Morgan fingerprint density at radius 2 is 2.29 bits per heavy atom. The van der Waals surface area contributed by atoms with Crippen LogP contribution < -0.4 is 5.32 Å². The number of hydrogen-bond acceptors (Lipinski definition) is 4. The molecule has 1 unspecified atom stereocenters. The molecular formula is C12H11N3OS. The highest BCUT2D eigenvalue weighted by Gasteiger charge is 2.12. The van der Waals surface area contributed by atoms with Crippen molar-refractivity contribution in [2.75, 3.05) is 5.75 Å². The van der Waals surface area contributed by atoms with E-state index in [1.54, 1.807) is 18.2 Å². The van der Waals surface area contributed by atoms with Gasteiger partial charge in [-0.15, -0.1) is 11.8 Å². The monoisotopic (exact) mass is 245 g/mol. The van der Waals surface area contributed by atoms with Crippen LogP contribution in [0, 0.1) is 22.7 Å². The Hall–Kier alpha value is -1.98. The molecule has 1 atom stereocenters. The standard InChI is InChI=1S/C12H11N3OS/c1-2-17-11(8-14)15-12(16)10-5-3-4-9(6-10)7-13/h3-6,11H,2H2,1H3,(H,15,16). The normalized spacial score (nSPS) is 11.0. The van der Waals surface area contributed by atoms with E-state index < -0.39 is 5.37 Å². The van der Waals surface area contributed by atoms with Crippen LogP contribution >= 0.6 is 11.8 Å². The van der Waals surface area contributed by atoms with Crippen LogP contribution in [0.15, 0.2) is 24.3 Å². The van der Waals surface area contributed by atoms with Gasteiger partial charge in [0.2, 0.25) is 0 Å². The van der Waals surface area contributed by atoms with Crippen LogP contribution in [0.4, 0.5) is 0 Å². The average Bonchev–Trinajstić information content (AvgIpc) is 2.38. The minimum absolute atomic E-state index is 0.338. The van der Waals surface area contributed by atoms with E-state index in [1.165, 1.54) is 17.8 Å². The number of nitrogens with one attached hydrogen (secondary N) is 1. The molecule has 0 aliphatic rings. The number of rotatable bonds is 4. The zero-order chi connectivity index (χ0) is 12.7. The fourth-order valence-corrected chi connectivity index (χ4v) is 1.81. The highest BCUT2D eigenvalue weighted by Crippen LogP contribution is 2.09. The number of carbonyl (C=O) groups excluding carboxylic acids is 1. The summed E-state index contributed by atoms with van der Waals surface area (Å²) >= 11 is 1.35. The molecule has 1 aromatic carbocycles. The third-order valence-electron chi connectivity index (χ3n) is 1.97. The van der Waals surface area contributed by atoms with Crippen molar-refractivity contribution in [1.29, 1.82) is 10.5 Å². The summed E-state index contributed by atoms with van der Waals surface area (Å²) in [6, 6.07) is 10.3. The molecule has 0 saturated heterocycles. The Bertz CT molecular complexity index is 487. The zero-order valence-electron chi connectivity index (χ0n) is 9.30. The third kappa shape index (κ3) is 3.82. The maximum atomic E-state index is 11.8. The molecule has 1 N–H and O–H groups in total. The second-order valence-electron chi connectivity index (χ2n) is 3.13. The van der Waals surface area contributed by atoms with Gasteiger partial charge in [0, 0.05) is 5.56 Å². The molecule has 0 saturated carbocycles. The lowest BCUT2D eigenvalue weighted by atomic mass is 10.1. The summed E-state index contributed by atoms with van der Waals surface area (Å²) in [6.45, 7) is 1.91. The van der Waals surface area contributed by atoms with E-state index in [-0.39, 0.29) is 5.91 Å². The maximum Gasteiger partial charge on any atom is 0.252 e. The number of carbonyl (C=O) groups is 1. The van der Waals surface area contributed by atoms with Crippen LogP contribution in [0.1, 0.15) is 22.8 Å². The van der Waals surface area contributed by atoms with Crippen molar-refractivity contribution in [3.63, 3.8) is 0 Å². The van der Waals surface area contributed by atoms with Crippen LogP contribution in [0.2, 0.25) is 0 Å². The molecule has 86 valence electrons. The van der Waals surface area contributed by atoms with Gasteiger partial charge in [-0.3, -0.25) is 4.79 Å². The van der Waals surface area contributed by atoms with E-state index in [9.17, 15) is 4.79 Å². The molecule has 0 spiro atoms. The molecule has 4 nitrogen and oxygen atoms in total. The van der Waals surface area contributed by atoms with Gasteiger partial charge < -0.3 is 5.32 Å². The Morgan fingerprint density at radius 3 is 2.88 bits per heavy atom. The Balaban J connectivity index is 2.76. The molecule has 0 aliphatic carbocycles. The lowest BCUT2D eigenvalue weighted by molar-refractivity contribution is 0.0955. The molecule has 1 rings (SSSR count). The topological polar surface area (TPSA) is 76.7 Å². The summed E-state index contributed by atoms with van der Waals surface area (Å²) in [5.41, 5.74) is 0.815. The zero-order valence-corrected chi connectivity index (χ0v) is 10.1. The molecular weight excluding hydrogens is 234 g/mol. The van der Waals surface area contributed by atoms with Crippen LogP contribution in [0.25, 0.3) is 0 Å². The molecule has 5 heteroatoms. The fourth-order valence-electron chi connectivity index (χ4n) is 1.21. The average molecular weight is 245 g/mol. The van der Waals surface area contributed by atoms with Crippen molar-refractivity contribution >= 4 is 17.7 Å². The Kier molecular flexibility index (Phi) is 5.06. The number of nitrogens with zero attached hydrogens (tertiary/aromatic N) is 2. The third-order valence-corrected chi connectivity index (χ3v) is 2.86. The Labute approximate surface area is 104 Å². The first kappa shape index (κ1) is 13.1. The molecule has 0 bridgehead atoms. The van der Waals surface area contributed by atoms with Gasteiger partial charge in [-0.05, 0) is 24.0 Å². The second kappa shape index (κ2) is 6.57. The lowest BCUT2D eigenvalue weighted by Gasteiger charge is -2.09. The summed E-state index contributed by atoms with van der Waals surface area (Å²) in [6.07, 6.45) is 0. The summed E-state index contributed by atoms with van der Waals surface area (Å²) < 4.78 is 0. The second-order valence-corrected chi connectivity index (χ2v) is 4.51. The first-order valence-electron chi connectivity index (χ1n) is 5.03. The molecule has 0 aromatic heterocycles. The van der Waals surface area contributed by atoms with E-state index in [0.717, 1.165) is 5.75 Å². The van der Waals surface area contributed by atoms with E-state index >= 15 is 0 Å². The molecule has 1 aromatic rings. The number of nitriles is 2. The number of thioether (sulfide) groups is 1. The van der Waals surface area contributed by atoms with Gasteiger partial charge in [0.05, 0.1) is 17.7 Å². The van der Waals surface area contributed by atoms with Crippen molar-refractivity contribution in [3.8, 4) is 12.1 Å². The number of benzene rings is 1. The molecule has 0 fully saturated rings. The van der Waals surface area contributed by atoms with Crippen LogP contribution in [-0.2, 0) is 0 Å². The predicted molar refractivity (Wildman–Crippen MR) is 66.2 cm³/mol. The van der Waals surface area contributed by atoms with Gasteiger partial charge in [0.15, 0.2) is 5.37 Å². The molecule has 0 radical (unpaired) electrons. The molecule has 0 aliphatic heterocycles. The highest BCUT2D eigenvalue weighted by molar-refractivity contribution is 8.00. The lowest BCUT2D eigenvalue weighted by Crippen LogP contribution is -2.31. The minimum atomic E-state index is -0.557. The molecule has 0 heterocycles. The van der Waals surface area contributed by atoms with Gasteiger partial charge in [0.1, 0.15) is 0 Å². The van der Waals surface area contributed by atoms with E-state index in [4.69, 9.17) is 10.5 Å². The van der Waals surface area contributed by atoms with Gasteiger partial charge in [-0.2, -0.15) is 10.5 Å². The summed E-state index contributed by atoms with van der Waals surface area (Å²) in [5, 5.41) is 19.6. The van der Waals surface area contributed by atoms with Gasteiger partial charge in [-0.25, -0.2) is 0 Å². The number of amides is 1. The van der Waals surface area contributed by atoms with Crippen molar-refractivity contribution in [2.24, 2.45) is 0 Å². The van der Waals surface area contributed by atoms with Crippen molar-refractivity contribution in [1.82, 2.24) is 5.32 Å². The first-order valence-corrected chi connectivity index (χ1v) is 6.08. The van der Waals surface area contributed by atoms with Crippen molar-refractivity contribution in [3.05, 3.63) is 35.4 Å². The van der Waals surface area contributed by atoms with E-state index in [0.29, 0.717) is 11.1 Å². The SMILES string of the molecule is CCSC(C#N)NC(=O)c1cccc(C#N)c1. The van der Waals surface area contributed by atoms with Crippen LogP contribution in [0.5, 0.6) is 0 Å². The van der Waals surface area contributed by atoms with Crippen LogP contribution in [0.3, 0.4) is 0 Å². The van der Waals surface area contributed by atoms with Gasteiger partial charge in [0.25, 0.3) is 5.91 Å². The van der Waals surface area contributed by atoms with E-state index in [1.807, 2.05) is 19.1 Å². The van der Waals surface area contributed by atoms with Crippen molar-refractivity contribution < 1.29 is 4.79 Å². The largest absolute Gasteiger partial charge is 0.328 e. The predicted octanol–water partition coefficient (Wildman–Crippen LogP) is 1.89. The van der Waals surface area contributed by atoms with Gasteiger partial charge >= 0.3 is 0 Å². The van der Waals surface area contributed by atoms with Crippen molar-refractivity contribution in [2.45, 2.75) is 12.3 Å². The van der Waals surface area contributed by atoms with Crippen LogP contribution in [-0.4, -0.2) is 17.0 Å². The summed E-state index contributed by atoms with van der Waals surface area (Å²) in [5.74, 6) is 0.408. The summed E-state index contributed by atoms with van der Waals surface area (Å²) in [4.78, 5) is 11.8. The first-order chi connectivity index (χ1) is 8.21. The number of hydrogen-bond donors (Lipinski definition) is 1. The van der Waals surface area contributed by atoms with E-state index in [2.05, 4.69) is 5.32 Å². The molecule has 17 heavy (non-hydrogen) atoms. The Morgan fingerprint density at radius 1 is 1.53 bits per heavy atom. The fraction of sp³-hybridized carbons (Fsp3) is 0.250. The quantitative estimate of drug-likeness (QED) is 0.822. The minimum Gasteiger partial charge on any atom is -0.328 e.